The van der Waals surface area contributed by atoms with Gasteiger partial charge in [-0.3, -0.25) is 4.79 Å². The summed E-state index contributed by atoms with van der Waals surface area (Å²) < 4.78 is 1.02. The standard InChI is InChI=1S/C16H16BrNO2/c1-11-10-13(7-8-14(11)17)18-16(20)9-6-12-4-2-3-5-15(12)19/h2-5,7-8,10,19H,6,9H2,1H3,(H,18,20). The van der Waals surface area contributed by atoms with Crippen molar-refractivity contribution in [2.24, 2.45) is 0 Å². The molecule has 0 heterocycles. The molecule has 0 saturated heterocycles. The van der Waals surface area contributed by atoms with Gasteiger partial charge in [0, 0.05) is 16.6 Å². The van der Waals surface area contributed by atoms with E-state index < -0.39 is 0 Å². The molecule has 0 aliphatic rings. The van der Waals surface area contributed by atoms with Gasteiger partial charge in [0.25, 0.3) is 0 Å². The van der Waals surface area contributed by atoms with Crippen LogP contribution < -0.4 is 5.32 Å². The SMILES string of the molecule is Cc1cc(NC(=O)CCc2ccccc2O)ccc1Br. The predicted molar refractivity (Wildman–Crippen MR) is 83.9 cm³/mol. The molecule has 0 unspecified atom stereocenters. The molecular weight excluding hydrogens is 318 g/mol. The van der Waals surface area contributed by atoms with Crippen molar-refractivity contribution in [3.05, 3.63) is 58.1 Å². The van der Waals surface area contributed by atoms with Crippen LogP contribution in [-0.4, -0.2) is 11.0 Å². The van der Waals surface area contributed by atoms with Crippen LogP contribution in [0.3, 0.4) is 0 Å². The fourth-order valence-electron chi connectivity index (χ4n) is 1.92. The Hall–Kier alpha value is -1.81. The molecule has 0 bridgehead atoms. The molecule has 0 radical (unpaired) electrons. The maximum Gasteiger partial charge on any atom is 0.224 e. The van der Waals surface area contributed by atoms with Gasteiger partial charge < -0.3 is 10.4 Å². The molecule has 0 aliphatic heterocycles. The van der Waals surface area contributed by atoms with Gasteiger partial charge in [0.2, 0.25) is 5.91 Å². The van der Waals surface area contributed by atoms with Crippen molar-refractivity contribution in [3.8, 4) is 5.75 Å². The molecule has 4 heteroatoms. The van der Waals surface area contributed by atoms with Gasteiger partial charge in [-0.15, -0.1) is 0 Å². The molecule has 2 aromatic carbocycles. The number of para-hydroxylation sites is 1. The third-order valence-corrected chi connectivity index (χ3v) is 3.94. The van der Waals surface area contributed by atoms with Crippen molar-refractivity contribution in [2.45, 2.75) is 19.8 Å². The van der Waals surface area contributed by atoms with E-state index in [0.29, 0.717) is 12.8 Å². The number of benzene rings is 2. The Labute approximate surface area is 126 Å². The second-order valence-electron chi connectivity index (χ2n) is 4.64. The highest BCUT2D eigenvalue weighted by molar-refractivity contribution is 9.10. The highest BCUT2D eigenvalue weighted by atomic mass is 79.9. The summed E-state index contributed by atoms with van der Waals surface area (Å²) in [6, 6.07) is 12.8. The van der Waals surface area contributed by atoms with Crippen LogP contribution in [0.25, 0.3) is 0 Å². The molecule has 3 nitrogen and oxygen atoms in total. The van der Waals surface area contributed by atoms with Gasteiger partial charge in [0.15, 0.2) is 0 Å². The Bertz CT molecular complexity index is 626. The number of phenols is 1. The van der Waals surface area contributed by atoms with E-state index in [2.05, 4.69) is 21.2 Å². The van der Waals surface area contributed by atoms with Gasteiger partial charge in [-0.1, -0.05) is 34.1 Å². The second kappa shape index (κ2) is 6.57. The van der Waals surface area contributed by atoms with Crippen molar-refractivity contribution in [2.75, 3.05) is 5.32 Å². The summed E-state index contributed by atoms with van der Waals surface area (Å²) in [7, 11) is 0. The van der Waals surface area contributed by atoms with E-state index >= 15 is 0 Å². The summed E-state index contributed by atoms with van der Waals surface area (Å²) in [5.41, 5.74) is 2.64. The van der Waals surface area contributed by atoms with E-state index in [1.165, 1.54) is 0 Å². The van der Waals surface area contributed by atoms with Crippen LogP contribution in [0.1, 0.15) is 17.5 Å². The smallest absolute Gasteiger partial charge is 0.224 e. The number of amides is 1. The van der Waals surface area contributed by atoms with Crippen LogP contribution in [0, 0.1) is 6.92 Å². The average molecular weight is 334 g/mol. The highest BCUT2D eigenvalue weighted by Crippen LogP contribution is 2.21. The lowest BCUT2D eigenvalue weighted by Gasteiger charge is -2.08. The monoisotopic (exact) mass is 333 g/mol. The lowest BCUT2D eigenvalue weighted by atomic mass is 10.1. The van der Waals surface area contributed by atoms with Crippen molar-refractivity contribution in [1.82, 2.24) is 0 Å². The summed E-state index contributed by atoms with van der Waals surface area (Å²) >= 11 is 3.42. The number of carbonyl (C=O) groups excluding carboxylic acids is 1. The zero-order chi connectivity index (χ0) is 14.5. The number of anilines is 1. The van der Waals surface area contributed by atoms with Crippen LogP contribution in [0.15, 0.2) is 46.9 Å². The van der Waals surface area contributed by atoms with E-state index in [1.54, 1.807) is 12.1 Å². The Morgan fingerprint density at radius 3 is 2.70 bits per heavy atom. The normalized spacial score (nSPS) is 10.3. The van der Waals surface area contributed by atoms with Crippen molar-refractivity contribution in [3.63, 3.8) is 0 Å². The minimum Gasteiger partial charge on any atom is -0.508 e. The first-order valence-electron chi connectivity index (χ1n) is 6.39. The zero-order valence-electron chi connectivity index (χ0n) is 11.2. The first-order valence-corrected chi connectivity index (χ1v) is 7.18. The Balaban J connectivity index is 1.93. The molecule has 1 amide bonds. The minimum atomic E-state index is -0.0602. The number of halogens is 1. The van der Waals surface area contributed by atoms with Gasteiger partial charge >= 0.3 is 0 Å². The number of aromatic hydroxyl groups is 1. The molecule has 0 saturated carbocycles. The number of rotatable bonds is 4. The molecule has 2 aromatic rings. The number of nitrogens with one attached hydrogen (secondary N) is 1. The zero-order valence-corrected chi connectivity index (χ0v) is 12.8. The number of hydrogen-bond acceptors (Lipinski definition) is 2. The van der Waals surface area contributed by atoms with Gasteiger partial charge in [-0.2, -0.15) is 0 Å². The highest BCUT2D eigenvalue weighted by Gasteiger charge is 2.06. The quantitative estimate of drug-likeness (QED) is 0.887. The van der Waals surface area contributed by atoms with Crippen LogP contribution in [0.2, 0.25) is 0 Å². The Kier molecular flexibility index (Phi) is 4.79. The average Bonchev–Trinajstić information content (AvgIpc) is 2.42. The lowest BCUT2D eigenvalue weighted by molar-refractivity contribution is -0.116. The van der Waals surface area contributed by atoms with Crippen molar-refractivity contribution < 1.29 is 9.90 Å². The van der Waals surface area contributed by atoms with E-state index in [9.17, 15) is 9.90 Å². The molecule has 0 aliphatic carbocycles. The topological polar surface area (TPSA) is 49.3 Å². The number of carbonyl (C=O) groups is 1. The molecule has 0 spiro atoms. The first-order chi connectivity index (χ1) is 9.56. The second-order valence-corrected chi connectivity index (χ2v) is 5.50. The molecule has 0 aromatic heterocycles. The van der Waals surface area contributed by atoms with E-state index in [4.69, 9.17) is 0 Å². The molecule has 2 N–H and O–H groups in total. The Morgan fingerprint density at radius 1 is 1.25 bits per heavy atom. The van der Waals surface area contributed by atoms with Crippen molar-refractivity contribution >= 4 is 27.5 Å². The third-order valence-electron chi connectivity index (χ3n) is 3.05. The molecule has 0 fully saturated rings. The van der Waals surface area contributed by atoms with Gasteiger partial charge in [0.05, 0.1) is 0 Å². The van der Waals surface area contributed by atoms with Gasteiger partial charge in [0.1, 0.15) is 5.75 Å². The predicted octanol–water partition coefficient (Wildman–Crippen LogP) is 4.03. The Morgan fingerprint density at radius 2 is 2.00 bits per heavy atom. The summed E-state index contributed by atoms with van der Waals surface area (Å²) in [5.74, 6) is 0.176. The van der Waals surface area contributed by atoms with E-state index in [-0.39, 0.29) is 11.7 Å². The number of phenolic OH excluding ortho intramolecular Hbond substituents is 1. The van der Waals surface area contributed by atoms with Crippen LogP contribution in [0.5, 0.6) is 5.75 Å². The van der Waals surface area contributed by atoms with Crippen LogP contribution in [0.4, 0.5) is 5.69 Å². The fourth-order valence-corrected chi connectivity index (χ4v) is 2.16. The molecular formula is C16H16BrNO2. The maximum absolute atomic E-state index is 11.9. The fraction of sp³-hybridized carbons (Fsp3) is 0.188. The number of aryl methyl sites for hydroxylation is 2. The first kappa shape index (κ1) is 14.6. The minimum absolute atomic E-state index is 0.0602. The molecule has 2 rings (SSSR count). The summed E-state index contributed by atoms with van der Waals surface area (Å²) in [4.78, 5) is 11.9. The molecule has 104 valence electrons. The molecule has 20 heavy (non-hydrogen) atoms. The molecule has 0 atom stereocenters. The van der Waals surface area contributed by atoms with Crippen LogP contribution in [-0.2, 0) is 11.2 Å². The number of hydrogen-bond donors (Lipinski definition) is 2. The van der Waals surface area contributed by atoms with E-state index in [0.717, 1.165) is 21.3 Å². The summed E-state index contributed by atoms with van der Waals surface area (Å²) in [5, 5.41) is 12.5. The largest absolute Gasteiger partial charge is 0.508 e. The summed E-state index contributed by atoms with van der Waals surface area (Å²) in [6.45, 7) is 1.97. The van der Waals surface area contributed by atoms with Gasteiger partial charge in [-0.05, 0) is 48.7 Å². The summed E-state index contributed by atoms with van der Waals surface area (Å²) in [6.07, 6.45) is 0.862. The maximum atomic E-state index is 11.9. The van der Waals surface area contributed by atoms with Gasteiger partial charge in [-0.25, -0.2) is 0 Å². The van der Waals surface area contributed by atoms with E-state index in [1.807, 2.05) is 37.3 Å². The van der Waals surface area contributed by atoms with Crippen molar-refractivity contribution in [1.29, 1.82) is 0 Å². The van der Waals surface area contributed by atoms with Crippen LogP contribution >= 0.6 is 15.9 Å². The third kappa shape index (κ3) is 3.84. The lowest BCUT2D eigenvalue weighted by Crippen LogP contribution is -2.12.